The normalized spacial score (nSPS) is 14.0. The summed E-state index contributed by atoms with van der Waals surface area (Å²) in [7, 11) is -3.80. The molecule has 1 aromatic heterocycles. The molecule has 1 aliphatic heterocycles. The number of morpholine rings is 1. The summed E-state index contributed by atoms with van der Waals surface area (Å²) < 4.78 is 37.9. The molecule has 1 aliphatic rings. The topological polar surface area (TPSA) is 115 Å². The van der Waals surface area contributed by atoms with E-state index in [2.05, 4.69) is 10.3 Å². The third-order valence-corrected chi connectivity index (χ3v) is 9.18. The second-order valence-electron chi connectivity index (χ2n) is 9.10. The quantitative estimate of drug-likeness (QED) is 0.304. The molecule has 11 heteroatoms. The molecule has 2 heterocycles. The smallest absolute Gasteiger partial charge is 0.338 e. The third kappa shape index (κ3) is 6.28. The first kappa shape index (κ1) is 27.7. The number of ether oxygens (including phenoxy) is 2. The van der Waals surface area contributed by atoms with Crippen LogP contribution in [0.1, 0.15) is 15.9 Å². The molecular formula is C29H27N3O6S2. The number of hydrogen-bond acceptors (Lipinski definition) is 8. The number of amides is 1. The van der Waals surface area contributed by atoms with Gasteiger partial charge in [0.2, 0.25) is 10.0 Å². The number of nitrogens with zero attached hydrogens (tertiary/aromatic N) is 2. The Balaban J connectivity index is 1.18. The molecule has 0 aliphatic carbocycles. The number of aromatic nitrogens is 1. The molecule has 40 heavy (non-hydrogen) atoms. The van der Waals surface area contributed by atoms with E-state index in [1.54, 1.807) is 13.0 Å². The monoisotopic (exact) mass is 577 g/mol. The molecule has 0 spiro atoms. The van der Waals surface area contributed by atoms with Crippen LogP contribution in [0, 0.1) is 6.92 Å². The number of anilines is 1. The predicted molar refractivity (Wildman–Crippen MR) is 153 cm³/mol. The van der Waals surface area contributed by atoms with Gasteiger partial charge in [-0.15, -0.1) is 11.3 Å². The summed E-state index contributed by atoms with van der Waals surface area (Å²) in [5, 5.41) is 4.85. The lowest BCUT2D eigenvalue weighted by Gasteiger charge is -2.26. The number of hydrogen-bond donors (Lipinski definition) is 1. The van der Waals surface area contributed by atoms with Gasteiger partial charge in [-0.25, -0.2) is 18.2 Å². The Morgan fingerprint density at radius 2 is 1.65 bits per heavy atom. The van der Waals surface area contributed by atoms with Crippen molar-refractivity contribution >= 4 is 38.4 Å². The van der Waals surface area contributed by atoms with Crippen LogP contribution in [-0.4, -0.2) is 62.5 Å². The van der Waals surface area contributed by atoms with Crippen LogP contribution in [0.25, 0.3) is 22.4 Å². The lowest BCUT2D eigenvalue weighted by atomic mass is 10.0. The van der Waals surface area contributed by atoms with Crippen molar-refractivity contribution in [3.8, 4) is 22.4 Å². The largest absolute Gasteiger partial charge is 0.452 e. The highest BCUT2D eigenvalue weighted by atomic mass is 32.2. The van der Waals surface area contributed by atoms with Crippen molar-refractivity contribution in [2.45, 2.75) is 11.8 Å². The summed E-state index contributed by atoms with van der Waals surface area (Å²) in [5.74, 6) is -1.35. The van der Waals surface area contributed by atoms with E-state index in [1.807, 2.05) is 60.0 Å². The van der Waals surface area contributed by atoms with Crippen LogP contribution in [-0.2, 0) is 24.3 Å². The molecule has 4 aromatic rings. The second kappa shape index (κ2) is 12.1. The Morgan fingerprint density at radius 1 is 0.975 bits per heavy atom. The van der Waals surface area contributed by atoms with Gasteiger partial charge in [0.15, 0.2) is 11.7 Å². The van der Waals surface area contributed by atoms with E-state index in [9.17, 15) is 18.0 Å². The fraction of sp³-hybridized carbons (Fsp3) is 0.207. The molecule has 1 fully saturated rings. The van der Waals surface area contributed by atoms with Gasteiger partial charge in [0.05, 0.1) is 29.4 Å². The summed E-state index contributed by atoms with van der Waals surface area (Å²) >= 11 is 1.26. The summed E-state index contributed by atoms with van der Waals surface area (Å²) in [5.41, 5.74) is 4.39. The Kier molecular flexibility index (Phi) is 8.36. The lowest BCUT2D eigenvalue weighted by molar-refractivity contribution is -0.119. The summed E-state index contributed by atoms with van der Waals surface area (Å²) in [6.07, 6.45) is 0. The SMILES string of the molecule is Cc1ccc(C(=O)OCC(=O)Nc2nc(-c3ccc(-c4ccccc4)cc3)cs2)cc1S(=O)(=O)N1CCOCC1. The van der Waals surface area contributed by atoms with E-state index < -0.39 is 28.5 Å². The molecule has 3 aromatic carbocycles. The first-order valence-electron chi connectivity index (χ1n) is 12.6. The van der Waals surface area contributed by atoms with Crippen molar-refractivity contribution in [2.24, 2.45) is 0 Å². The van der Waals surface area contributed by atoms with E-state index in [4.69, 9.17) is 9.47 Å². The molecule has 0 bridgehead atoms. The summed E-state index contributed by atoms with van der Waals surface area (Å²) in [4.78, 5) is 29.6. The Hall–Kier alpha value is -3.90. The van der Waals surface area contributed by atoms with Crippen molar-refractivity contribution < 1.29 is 27.5 Å². The lowest BCUT2D eigenvalue weighted by Crippen LogP contribution is -2.40. The van der Waals surface area contributed by atoms with E-state index in [0.717, 1.165) is 16.7 Å². The van der Waals surface area contributed by atoms with Crippen molar-refractivity contribution in [1.29, 1.82) is 0 Å². The van der Waals surface area contributed by atoms with E-state index in [-0.39, 0.29) is 23.5 Å². The van der Waals surface area contributed by atoms with Crippen molar-refractivity contribution in [2.75, 3.05) is 38.2 Å². The number of thiazole rings is 1. The van der Waals surface area contributed by atoms with E-state index >= 15 is 0 Å². The van der Waals surface area contributed by atoms with Gasteiger partial charge in [0.25, 0.3) is 5.91 Å². The van der Waals surface area contributed by atoms with Gasteiger partial charge in [-0.2, -0.15) is 4.31 Å². The molecule has 5 rings (SSSR count). The molecule has 0 unspecified atom stereocenters. The molecular weight excluding hydrogens is 550 g/mol. The number of sulfonamides is 1. The number of carbonyl (C=O) groups is 2. The highest BCUT2D eigenvalue weighted by molar-refractivity contribution is 7.89. The maximum atomic E-state index is 13.1. The van der Waals surface area contributed by atoms with Gasteiger partial charge in [-0.05, 0) is 35.7 Å². The molecule has 0 atom stereocenters. The number of benzene rings is 3. The fourth-order valence-corrected chi connectivity index (χ4v) is 6.62. The molecule has 9 nitrogen and oxygen atoms in total. The molecule has 1 saturated heterocycles. The number of esters is 1. The van der Waals surface area contributed by atoms with Crippen LogP contribution < -0.4 is 5.32 Å². The van der Waals surface area contributed by atoms with Crippen LogP contribution in [0.15, 0.2) is 83.1 Å². The van der Waals surface area contributed by atoms with Crippen molar-refractivity contribution in [1.82, 2.24) is 9.29 Å². The minimum Gasteiger partial charge on any atom is -0.452 e. The summed E-state index contributed by atoms with van der Waals surface area (Å²) in [6, 6.07) is 22.3. The van der Waals surface area contributed by atoms with E-state index in [1.165, 1.54) is 27.8 Å². The minimum absolute atomic E-state index is 0.0282. The van der Waals surface area contributed by atoms with Crippen molar-refractivity contribution in [3.63, 3.8) is 0 Å². The van der Waals surface area contributed by atoms with Crippen LogP contribution in [0.4, 0.5) is 5.13 Å². The zero-order valence-electron chi connectivity index (χ0n) is 21.7. The van der Waals surface area contributed by atoms with E-state index in [0.29, 0.717) is 29.6 Å². The van der Waals surface area contributed by atoms with Crippen LogP contribution >= 0.6 is 11.3 Å². The van der Waals surface area contributed by atoms with Crippen LogP contribution in [0.2, 0.25) is 0 Å². The fourth-order valence-electron chi connectivity index (χ4n) is 4.23. The molecule has 1 N–H and O–H groups in total. The first-order chi connectivity index (χ1) is 19.3. The Morgan fingerprint density at radius 3 is 2.38 bits per heavy atom. The molecule has 206 valence electrons. The van der Waals surface area contributed by atoms with Crippen molar-refractivity contribution in [3.05, 3.63) is 89.3 Å². The van der Waals surface area contributed by atoms with Gasteiger partial charge in [0.1, 0.15) is 0 Å². The minimum atomic E-state index is -3.80. The predicted octanol–water partition coefficient (Wildman–Crippen LogP) is 4.60. The van der Waals surface area contributed by atoms with Gasteiger partial charge in [0, 0.05) is 24.0 Å². The molecule has 0 saturated carbocycles. The zero-order valence-corrected chi connectivity index (χ0v) is 23.3. The third-order valence-electron chi connectivity index (χ3n) is 6.38. The van der Waals surface area contributed by atoms with Gasteiger partial charge in [-0.3, -0.25) is 10.1 Å². The standard InChI is InChI=1S/C29H27N3O6S2/c1-20-7-8-24(17-26(20)40(35,36)32-13-15-37-16-14-32)28(34)38-18-27(33)31-29-30-25(19-39-29)23-11-9-22(10-12-23)21-5-3-2-4-6-21/h2-12,17,19H,13-16,18H2,1H3,(H,30,31,33). The average Bonchev–Trinajstić information content (AvgIpc) is 3.45. The number of rotatable bonds is 8. The highest BCUT2D eigenvalue weighted by Crippen LogP contribution is 2.28. The number of nitrogens with one attached hydrogen (secondary N) is 1. The van der Waals surface area contributed by atoms with Crippen LogP contribution in [0.3, 0.4) is 0 Å². The average molecular weight is 578 g/mol. The van der Waals surface area contributed by atoms with Crippen LogP contribution in [0.5, 0.6) is 0 Å². The Bertz CT molecular complexity index is 1610. The molecule has 0 radical (unpaired) electrons. The van der Waals surface area contributed by atoms with Gasteiger partial charge >= 0.3 is 5.97 Å². The Labute approximate surface area is 236 Å². The highest BCUT2D eigenvalue weighted by Gasteiger charge is 2.28. The maximum Gasteiger partial charge on any atom is 0.338 e. The zero-order chi connectivity index (χ0) is 28.1. The second-order valence-corrected chi connectivity index (χ2v) is 11.9. The number of aryl methyl sites for hydroxylation is 1. The first-order valence-corrected chi connectivity index (χ1v) is 14.9. The maximum absolute atomic E-state index is 13.1. The summed E-state index contributed by atoms with van der Waals surface area (Å²) in [6.45, 7) is 2.24. The van der Waals surface area contributed by atoms with Gasteiger partial charge in [-0.1, -0.05) is 60.7 Å². The van der Waals surface area contributed by atoms with Gasteiger partial charge < -0.3 is 9.47 Å². The number of carbonyl (C=O) groups excluding carboxylic acids is 2. The molecule has 1 amide bonds.